The molecule has 0 aromatic carbocycles. The fraction of sp³-hybridized carbons (Fsp3) is 0.300. The van der Waals surface area contributed by atoms with Crippen molar-refractivity contribution in [1.82, 2.24) is 19.8 Å². The molecule has 2 aromatic rings. The van der Waals surface area contributed by atoms with Crippen molar-refractivity contribution in [2.75, 3.05) is 0 Å². The van der Waals surface area contributed by atoms with E-state index in [1.807, 2.05) is 0 Å². The quantitative estimate of drug-likeness (QED) is 0.816. The maximum Gasteiger partial charge on any atom is 0.244 e. The fourth-order valence-corrected chi connectivity index (χ4v) is 3.57. The second kappa shape index (κ2) is 5.76. The Balaban J connectivity index is 2.29. The van der Waals surface area contributed by atoms with E-state index in [1.165, 1.54) is 12.3 Å². The van der Waals surface area contributed by atoms with Gasteiger partial charge in [-0.3, -0.25) is 0 Å². The molecule has 0 spiro atoms. The highest BCUT2D eigenvalue weighted by molar-refractivity contribution is 9.10. The predicted octanol–water partition coefficient (Wildman–Crippen LogP) is 2.23. The van der Waals surface area contributed by atoms with Gasteiger partial charge in [0.2, 0.25) is 15.9 Å². The summed E-state index contributed by atoms with van der Waals surface area (Å²) in [5, 5.41) is 3.49. The fourth-order valence-electron chi connectivity index (χ4n) is 1.43. The number of sulfonamides is 1. The minimum atomic E-state index is -3.85. The van der Waals surface area contributed by atoms with Gasteiger partial charge in [0.1, 0.15) is 10.0 Å². The van der Waals surface area contributed by atoms with Crippen LogP contribution in [-0.2, 0) is 10.0 Å². The maximum absolute atomic E-state index is 12.2. The Morgan fingerprint density at radius 1 is 1.50 bits per heavy atom. The van der Waals surface area contributed by atoms with Crippen LogP contribution in [0.15, 0.2) is 26.2 Å². The largest absolute Gasteiger partial charge is 0.338 e. The van der Waals surface area contributed by atoms with Gasteiger partial charge in [-0.15, -0.1) is 0 Å². The van der Waals surface area contributed by atoms with Crippen molar-refractivity contribution in [2.45, 2.75) is 24.8 Å². The molecule has 0 aliphatic carbocycles. The molecule has 1 N–H and O–H groups in total. The molecule has 0 saturated carbocycles. The SMILES string of the molecule is Cc1noc(C(C)NS(=O)(=O)c2cc(Br)cnc2Cl)n1. The summed E-state index contributed by atoms with van der Waals surface area (Å²) >= 11 is 8.96. The number of hydrogen-bond donors (Lipinski definition) is 1. The van der Waals surface area contributed by atoms with Crippen LogP contribution in [0, 0.1) is 6.92 Å². The summed E-state index contributed by atoms with van der Waals surface area (Å²) in [6.07, 6.45) is 1.41. The van der Waals surface area contributed by atoms with Gasteiger partial charge in [0.15, 0.2) is 5.82 Å². The van der Waals surface area contributed by atoms with Crippen LogP contribution in [0.4, 0.5) is 0 Å². The topological polar surface area (TPSA) is 98.0 Å². The lowest BCUT2D eigenvalue weighted by Crippen LogP contribution is -2.27. The highest BCUT2D eigenvalue weighted by atomic mass is 79.9. The number of rotatable bonds is 4. The first-order valence-electron chi connectivity index (χ1n) is 5.43. The number of nitrogens with one attached hydrogen (secondary N) is 1. The van der Waals surface area contributed by atoms with E-state index < -0.39 is 16.1 Å². The first kappa shape index (κ1) is 15.4. The number of aryl methyl sites for hydroxylation is 1. The van der Waals surface area contributed by atoms with Gasteiger partial charge in [-0.2, -0.15) is 9.71 Å². The molecule has 20 heavy (non-hydrogen) atoms. The van der Waals surface area contributed by atoms with Gasteiger partial charge >= 0.3 is 0 Å². The van der Waals surface area contributed by atoms with Crippen LogP contribution in [0.5, 0.6) is 0 Å². The van der Waals surface area contributed by atoms with Gasteiger partial charge in [-0.05, 0) is 35.8 Å². The Morgan fingerprint density at radius 2 is 2.20 bits per heavy atom. The van der Waals surface area contributed by atoms with Crippen molar-refractivity contribution in [3.8, 4) is 0 Å². The number of pyridine rings is 1. The molecule has 0 saturated heterocycles. The average Bonchev–Trinajstić information content (AvgIpc) is 2.78. The third kappa shape index (κ3) is 3.35. The van der Waals surface area contributed by atoms with Crippen LogP contribution in [0.3, 0.4) is 0 Å². The molecule has 1 atom stereocenters. The van der Waals surface area contributed by atoms with Crippen molar-refractivity contribution < 1.29 is 12.9 Å². The maximum atomic E-state index is 12.2. The standard InChI is InChI=1S/C10H10BrClN4O3S/c1-5(10-14-6(2)15-19-10)16-20(17,18)8-3-7(11)4-13-9(8)12/h3-5,16H,1-2H3. The van der Waals surface area contributed by atoms with Gasteiger partial charge in [-0.25, -0.2) is 13.4 Å². The number of halogens is 2. The predicted molar refractivity (Wildman–Crippen MR) is 74.7 cm³/mol. The third-order valence-corrected chi connectivity index (χ3v) is 4.71. The van der Waals surface area contributed by atoms with E-state index in [-0.39, 0.29) is 15.9 Å². The van der Waals surface area contributed by atoms with E-state index in [0.717, 1.165) is 0 Å². The molecule has 2 aromatic heterocycles. The molecule has 0 radical (unpaired) electrons. The molecule has 0 aliphatic heterocycles. The molecular formula is C10H10BrClN4O3S. The molecule has 1 unspecified atom stereocenters. The molecule has 0 amide bonds. The number of aromatic nitrogens is 3. The van der Waals surface area contributed by atoms with E-state index in [2.05, 4.69) is 35.8 Å². The van der Waals surface area contributed by atoms with Crippen LogP contribution in [0.25, 0.3) is 0 Å². The van der Waals surface area contributed by atoms with E-state index >= 15 is 0 Å². The Kier molecular flexibility index (Phi) is 4.43. The van der Waals surface area contributed by atoms with Crippen LogP contribution in [0.2, 0.25) is 5.15 Å². The summed E-state index contributed by atoms with van der Waals surface area (Å²) in [6, 6.07) is 0.681. The Labute approximate surface area is 128 Å². The van der Waals surface area contributed by atoms with Crippen molar-refractivity contribution in [3.63, 3.8) is 0 Å². The lowest BCUT2D eigenvalue weighted by atomic mass is 10.4. The summed E-state index contributed by atoms with van der Waals surface area (Å²) in [5.74, 6) is 0.596. The van der Waals surface area contributed by atoms with Crippen molar-refractivity contribution >= 4 is 37.6 Å². The summed E-state index contributed by atoms with van der Waals surface area (Å²) in [7, 11) is -3.85. The van der Waals surface area contributed by atoms with Crippen molar-refractivity contribution in [1.29, 1.82) is 0 Å². The summed E-state index contributed by atoms with van der Waals surface area (Å²) in [6.45, 7) is 3.23. The Bertz CT molecular complexity index is 734. The zero-order chi connectivity index (χ0) is 14.9. The first-order valence-corrected chi connectivity index (χ1v) is 8.08. The highest BCUT2D eigenvalue weighted by Crippen LogP contribution is 2.24. The molecule has 0 bridgehead atoms. The van der Waals surface area contributed by atoms with Crippen molar-refractivity contribution in [3.05, 3.63) is 33.6 Å². The lowest BCUT2D eigenvalue weighted by molar-refractivity contribution is 0.351. The minimum Gasteiger partial charge on any atom is -0.338 e. The first-order chi connectivity index (χ1) is 9.29. The van der Waals surface area contributed by atoms with Crippen LogP contribution >= 0.6 is 27.5 Å². The molecule has 0 fully saturated rings. The van der Waals surface area contributed by atoms with Crippen LogP contribution in [-0.4, -0.2) is 23.5 Å². The van der Waals surface area contributed by atoms with Gasteiger partial charge in [-0.1, -0.05) is 16.8 Å². The second-order valence-corrected chi connectivity index (χ2v) is 6.92. The van der Waals surface area contributed by atoms with E-state index in [9.17, 15) is 8.42 Å². The van der Waals surface area contributed by atoms with E-state index in [1.54, 1.807) is 13.8 Å². The smallest absolute Gasteiger partial charge is 0.244 e. The lowest BCUT2D eigenvalue weighted by Gasteiger charge is -2.11. The van der Waals surface area contributed by atoms with Crippen LogP contribution in [0.1, 0.15) is 24.7 Å². The average molecular weight is 382 g/mol. The van der Waals surface area contributed by atoms with Gasteiger partial charge in [0.05, 0.1) is 6.04 Å². The molecule has 10 heteroatoms. The summed E-state index contributed by atoms with van der Waals surface area (Å²) in [4.78, 5) is 7.61. The van der Waals surface area contributed by atoms with Crippen LogP contribution < -0.4 is 4.72 Å². The number of hydrogen-bond acceptors (Lipinski definition) is 6. The molecule has 108 valence electrons. The molecular weight excluding hydrogens is 372 g/mol. The molecule has 2 heterocycles. The van der Waals surface area contributed by atoms with Gasteiger partial charge < -0.3 is 4.52 Å². The summed E-state index contributed by atoms with van der Waals surface area (Å²) in [5.41, 5.74) is 0. The molecule has 2 rings (SSSR count). The molecule has 0 aliphatic rings. The van der Waals surface area contributed by atoms with E-state index in [0.29, 0.717) is 10.3 Å². The van der Waals surface area contributed by atoms with Crippen molar-refractivity contribution in [2.24, 2.45) is 0 Å². The summed E-state index contributed by atoms with van der Waals surface area (Å²) < 4.78 is 32.3. The molecule has 7 nitrogen and oxygen atoms in total. The second-order valence-electron chi connectivity index (χ2n) is 3.97. The zero-order valence-electron chi connectivity index (χ0n) is 10.5. The Hall–Kier alpha value is -1.03. The van der Waals surface area contributed by atoms with E-state index in [4.69, 9.17) is 16.1 Å². The third-order valence-electron chi connectivity index (χ3n) is 2.31. The monoisotopic (exact) mass is 380 g/mol. The zero-order valence-corrected chi connectivity index (χ0v) is 13.6. The normalized spacial score (nSPS) is 13.4. The minimum absolute atomic E-state index is 0.116. The van der Waals surface area contributed by atoms with Gasteiger partial charge in [0.25, 0.3) is 0 Å². The highest BCUT2D eigenvalue weighted by Gasteiger charge is 2.24. The Morgan fingerprint density at radius 3 is 2.80 bits per heavy atom. The van der Waals surface area contributed by atoms with Gasteiger partial charge in [0, 0.05) is 10.7 Å². The number of nitrogens with zero attached hydrogens (tertiary/aromatic N) is 3.